The normalized spacial score (nSPS) is 12.6. The van der Waals surface area contributed by atoms with Gasteiger partial charge in [0.15, 0.2) is 0 Å². The summed E-state index contributed by atoms with van der Waals surface area (Å²) in [6.07, 6.45) is 2.54. The molecule has 0 fully saturated rings. The van der Waals surface area contributed by atoms with E-state index in [1.54, 1.807) is 6.07 Å². The first-order chi connectivity index (χ1) is 9.70. The molecule has 0 aliphatic rings. The van der Waals surface area contributed by atoms with Gasteiger partial charge in [-0.1, -0.05) is 13.8 Å². The summed E-state index contributed by atoms with van der Waals surface area (Å²) in [5.74, 6) is -0.774. The van der Waals surface area contributed by atoms with Crippen molar-refractivity contribution in [2.24, 2.45) is 5.92 Å². The topological polar surface area (TPSA) is 86.7 Å². The van der Waals surface area contributed by atoms with E-state index in [4.69, 9.17) is 5.11 Å². The van der Waals surface area contributed by atoms with Crippen LogP contribution >= 0.6 is 11.3 Å². The number of hydrogen-bond acceptors (Lipinski definition) is 4. The van der Waals surface area contributed by atoms with Gasteiger partial charge in [-0.05, 0) is 29.0 Å². The highest BCUT2D eigenvalue weighted by Crippen LogP contribution is 2.18. The number of nitrogens with zero attached hydrogens (tertiary/aromatic N) is 1. The molecule has 1 aromatic heterocycles. The van der Waals surface area contributed by atoms with Gasteiger partial charge in [-0.3, -0.25) is 0 Å². The smallest absolute Gasteiger partial charge is 0.328 e. The molecule has 1 heterocycles. The van der Waals surface area contributed by atoms with Gasteiger partial charge in [0.2, 0.25) is 0 Å². The number of carboxylic acids is 1. The molecule has 0 spiro atoms. The van der Waals surface area contributed by atoms with Gasteiger partial charge in [0.1, 0.15) is 0 Å². The minimum absolute atomic E-state index is 0.238. The van der Waals surface area contributed by atoms with Crippen molar-refractivity contribution in [3.05, 3.63) is 28.0 Å². The number of nitrogens with one attached hydrogen (secondary N) is 1. The number of hydrogen-bond donors (Lipinski definition) is 2. The Morgan fingerprint density at radius 2 is 2.19 bits per heavy atom. The van der Waals surface area contributed by atoms with Crippen LogP contribution in [0.2, 0.25) is 0 Å². The third kappa shape index (κ3) is 6.38. The van der Waals surface area contributed by atoms with Crippen LogP contribution in [0.25, 0.3) is 6.08 Å². The number of carboxylic acid groups (broad SMARTS) is 1. The summed E-state index contributed by atoms with van der Waals surface area (Å²) in [7, 11) is -1.99. The standard InChI is InChI=1S/C13H20N2O4S2/c1-10(2)7-14-21(18,19)15(3)8-11-6-12(20-9-11)4-5-13(16)17/h4-6,9-10,14H,7-8H2,1-3H3,(H,16,17)/b5-4+. The molecule has 2 N–H and O–H groups in total. The molecule has 0 bridgehead atoms. The van der Waals surface area contributed by atoms with E-state index in [2.05, 4.69) is 4.72 Å². The lowest BCUT2D eigenvalue weighted by molar-refractivity contribution is -0.131. The Hall–Kier alpha value is -1.22. The third-order valence-electron chi connectivity index (χ3n) is 2.55. The SMILES string of the molecule is CC(C)CNS(=O)(=O)N(C)Cc1csc(/C=C/C(=O)O)c1. The van der Waals surface area contributed by atoms with Crippen LogP contribution in [0.15, 0.2) is 17.5 Å². The summed E-state index contributed by atoms with van der Waals surface area (Å²) in [4.78, 5) is 11.2. The molecule has 0 saturated heterocycles. The van der Waals surface area contributed by atoms with Crippen molar-refractivity contribution in [1.29, 1.82) is 0 Å². The maximum absolute atomic E-state index is 12.0. The highest BCUT2D eigenvalue weighted by molar-refractivity contribution is 7.87. The molecule has 1 rings (SSSR count). The molecule has 6 nitrogen and oxygen atoms in total. The second kappa shape index (κ2) is 7.69. The molecule has 0 aliphatic carbocycles. The highest BCUT2D eigenvalue weighted by Gasteiger charge is 2.18. The van der Waals surface area contributed by atoms with Crippen LogP contribution in [0.3, 0.4) is 0 Å². The first kappa shape index (κ1) is 17.8. The Morgan fingerprint density at radius 3 is 2.76 bits per heavy atom. The molecular weight excluding hydrogens is 312 g/mol. The highest BCUT2D eigenvalue weighted by atomic mass is 32.2. The average Bonchev–Trinajstić information content (AvgIpc) is 2.81. The van der Waals surface area contributed by atoms with E-state index < -0.39 is 16.2 Å². The monoisotopic (exact) mass is 332 g/mol. The zero-order valence-corrected chi connectivity index (χ0v) is 13.9. The molecule has 21 heavy (non-hydrogen) atoms. The van der Waals surface area contributed by atoms with Gasteiger partial charge >= 0.3 is 5.97 Å². The Labute approximate surface area is 129 Å². The van der Waals surface area contributed by atoms with Gasteiger partial charge in [0.05, 0.1) is 0 Å². The maximum atomic E-state index is 12.0. The Kier molecular flexibility index (Phi) is 6.53. The zero-order valence-electron chi connectivity index (χ0n) is 12.2. The van der Waals surface area contributed by atoms with E-state index in [1.807, 2.05) is 19.2 Å². The predicted molar refractivity (Wildman–Crippen MR) is 84.2 cm³/mol. The summed E-state index contributed by atoms with van der Waals surface area (Å²) < 4.78 is 27.7. The van der Waals surface area contributed by atoms with Crippen molar-refractivity contribution in [1.82, 2.24) is 9.03 Å². The van der Waals surface area contributed by atoms with Gasteiger partial charge in [-0.2, -0.15) is 12.7 Å². The molecule has 0 radical (unpaired) electrons. The molecule has 0 atom stereocenters. The van der Waals surface area contributed by atoms with Gasteiger partial charge in [0, 0.05) is 31.1 Å². The molecule has 118 valence electrons. The van der Waals surface area contributed by atoms with E-state index in [9.17, 15) is 13.2 Å². The first-order valence-electron chi connectivity index (χ1n) is 6.40. The van der Waals surface area contributed by atoms with Gasteiger partial charge < -0.3 is 5.11 Å². The van der Waals surface area contributed by atoms with Crippen LogP contribution in [-0.2, 0) is 21.5 Å². The summed E-state index contributed by atoms with van der Waals surface area (Å²) in [5, 5.41) is 10.4. The predicted octanol–water partition coefficient (Wildman–Crippen LogP) is 1.77. The second-order valence-electron chi connectivity index (χ2n) is 5.03. The van der Waals surface area contributed by atoms with Crippen molar-refractivity contribution in [3.63, 3.8) is 0 Å². The van der Waals surface area contributed by atoms with Gasteiger partial charge in [-0.15, -0.1) is 11.3 Å². The Morgan fingerprint density at radius 1 is 1.52 bits per heavy atom. The van der Waals surface area contributed by atoms with Crippen molar-refractivity contribution in [2.45, 2.75) is 20.4 Å². The van der Waals surface area contributed by atoms with E-state index >= 15 is 0 Å². The first-order valence-corrected chi connectivity index (χ1v) is 8.72. The van der Waals surface area contributed by atoms with Gasteiger partial charge in [-0.25, -0.2) is 9.52 Å². The third-order valence-corrected chi connectivity index (χ3v) is 4.98. The lowest BCUT2D eigenvalue weighted by atomic mass is 10.2. The van der Waals surface area contributed by atoms with E-state index in [0.29, 0.717) is 6.54 Å². The number of rotatable bonds is 8. The molecule has 0 aromatic carbocycles. The quantitative estimate of drug-likeness (QED) is 0.710. The van der Waals surface area contributed by atoms with Crippen LogP contribution in [-0.4, -0.2) is 37.4 Å². The van der Waals surface area contributed by atoms with Gasteiger partial charge in [0.25, 0.3) is 10.2 Å². The molecular formula is C13H20N2O4S2. The van der Waals surface area contributed by atoms with Crippen LogP contribution in [0.1, 0.15) is 24.3 Å². The number of thiophene rings is 1. The average molecular weight is 332 g/mol. The van der Waals surface area contributed by atoms with E-state index in [0.717, 1.165) is 16.5 Å². The Bertz CT molecular complexity index is 605. The molecule has 1 aromatic rings. The summed E-state index contributed by atoms with van der Waals surface area (Å²) >= 11 is 1.37. The van der Waals surface area contributed by atoms with Crippen molar-refractivity contribution in [2.75, 3.05) is 13.6 Å². The van der Waals surface area contributed by atoms with E-state index in [1.165, 1.54) is 28.8 Å². The van der Waals surface area contributed by atoms with Crippen molar-refractivity contribution >= 4 is 33.6 Å². The number of aliphatic carboxylic acids is 1. The summed E-state index contributed by atoms with van der Waals surface area (Å²) in [6, 6.07) is 1.78. The second-order valence-corrected chi connectivity index (χ2v) is 7.84. The summed E-state index contributed by atoms with van der Waals surface area (Å²) in [5.41, 5.74) is 0.822. The van der Waals surface area contributed by atoms with Crippen LogP contribution in [0.4, 0.5) is 0 Å². The molecule has 0 amide bonds. The molecule has 0 saturated carbocycles. The fourth-order valence-corrected chi connectivity index (χ4v) is 3.32. The van der Waals surface area contributed by atoms with Crippen LogP contribution < -0.4 is 4.72 Å². The van der Waals surface area contributed by atoms with Crippen molar-refractivity contribution < 1.29 is 18.3 Å². The lowest BCUT2D eigenvalue weighted by Crippen LogP contribution is -2.39. The summed E-state index contributed by atoms with van der Waals surface area (Å²) in [6.45, 7) is 4.50. The van der Waals surface area contributed by atoms with E-state index in [-0.39, 0.29) is 12.5 Å². The molecule has 0 unspecified atom stereocenters. The fourth-order valence-electron chi connectivity index (χ4n) is 1.44. The Balaban J connectivity index is 2.66. The molecule has 8 heteroatoms. The zero-order chi connectivity index (χ0) is 16.0. The fraction of sp³-hybridized carbons (Fsp3) is 0.462. The van der Waals surface area contributed by atoms with Crippen LogP contribution in [0.5, 0.6) is 0 Å². The minimum Gasteiger partial charge on any atom is -0.478 e. The maximum Gasteiger partial charge on any atom is 0.328 e. The van der Waals surface area contributed by atoms with Crippen LogP contribution in [0, 0.1) is 5.92 Å². The molecule has 0 aliphatic heterocycles. The lowest BCUT2D eigenvalue weighted by Gasteiger charge is -2.18. The van der Waals surface area contributed by atoms with Crippen molar-refractivity contribution in [3.8, 4) is 0 Å². The number of carbonyl (C=O) groups is 1. The minimum atomic E-state index is -3.49. The largest absolute Gasteiger partial charge is 0.478 e.